The van der Waals surface area contributed by atoms with Crippen LogP contribution in [-0.2, 0) is 0 Å². The maximum absolute atomic E-state index is 12.0. The SMILES string of the molecule is CN(C)CCCN(C)CC(=O)c1cccc(Br)c1. The first kappa shape index (κ1) is 15.3. The predicted molar refractivity (Wildman–Crippen MR) is 79.1 cm³/mol. The van der Waals surface area contributed by atoms with E-state index in [2.05, 4.69) is 39.8 Å². The molecule has 18 heavy (non-hydrogen) atoms. The fraction of sp³-hybridized carbons (Fsp3) is 0.500. The monoisotopic (exact) mass is 312 g/mol. The van der Waals surface area contributed by atoms with Crippen LogP contribution in [0.1, 0.15) is 16.8 Å². The lowest BCUT2D eigenvalue weighted by Crippen LogP contribution is -2.29. The number of carbonyl (C=O) groups is 1. The second kappa shape index (κ2) is 7.67. The van der Waals surface area contributed by atoms with Gasteiger partial charge in [0.05, 0.1) is 6.54 Å². The minimum Gasteiger partial charge on any atom is -0.309 e. The van der Waals surface area contributed by atoms with E-state index in [9.17, 15) is 4.79 Å². The number of carbonyl (C=O) groups excluding carboxylic acids is 1. The van der Waals surface area contributed by atoms with Crippen molar-refractivity contribution < 1.29 is 4.79 Å². The molecule has 0 atom stereocenters. The molecule has 0 heterocycles. The van der Waals surface area contributed by atoms with Gasteiger partial charge < -0.3 is 4.90 Å². The summed E-state index contributed by atoms with van der Waals surface area (Å²) in [6.07, 6.45) is 1.08. The maximum Gasteiger partial charge on any atom is 0.176 e. The molecule has 0 aliphatic heterocycles. The van der Waals surface area contributed by atoms with Crippen molar-refractivity contribution in [3.8, 4) is 0 Å². The molecule has 0 unspecified atom stereocenters. The van der Waals surface area contributed by atoms with Gasteiger partial charge in [0.2, 0.25) is 0 Å². The molecule has 0 fully saturated rings. The molecule has 1 aromatic carbocycles. The molecule has 0 radical (unpaired) electrons. The lowest BCUT2D eigenvalue weighted by atomic mass is 10.1. The van der Waals surface area contributed by atoms with Crippen LogP contribution >= 0.6 is 15.9 Å². The first-order chi connectivity index (χ1) is 8.49. The second-order valence-corrected chi connectivity index (χ2v) is 5.74. The molecule has 1 rings (SSSR count). The van der Waals surface area contributed by atoms with Gasteiger partial charge in [-0.1, -0.05) is 28.1 Å². The number of hydrogen-bond donors (Lipinski definition) is 0. The van der Waals surface area contributed by atoms with Crippen molar-refractivity contribution >= 4 is 21.7 Å². The highest BCUT2D eigenvalue weighted by Crippen LogP contribution is 2.12. The van der Waals surface area contributed by atoms with Gasteiger partial charge in [0.25, 0.3) is 0 Å². The number of likely N-dealkylation sites (N-methyl/N-ethyl adjacent to an activating group) is 1. The van der Waals surface area contributed by atoms with E-state index in [4.69, 9.17) is 0 Å². The van der Waals surface area contributed by atoms with Gasteiger partial charge in [-0.2, -0.15) is 0 Å². The summed E-state index contributed by atoms with van der Waals surface area (Å²) in [6, 6.07) is 7.55. The molecule has 0 N–H and O–H groups in total. The molecule has 0 bridgehead atoms. The quantitative estimate of drug-likeness (QED) is 0.723. The van der Waals surface area contributed by atoms with E-state index >= 15 is 0 Å². The minimum atomic E-state index is 0.170. The third-order valence-electron chi connectivity index (χ3n) is 2.71. The molecule has 1 aromatic rings. The van der Waals surface area contributed by atoms with E-state index in [1.807, 2.05) is 31.3 Å². The van der Waals surface area contributed by atoms with Crippen LogP contribution in [0.4, 0.5) is 0 Å². The van der Waals surface area contributed by atoms with Crippen molar-refractivity contribution in [3.05, 3.63) is 34.3 Å². The van der Waals surface area contributed by atoms with Gasteiger partial charge in [0.15, 0.2) is 5.78 Å². The lowest BCUT2D eigenvalue weighted by Gasteiger charge is -2.17. The number of nitrogens with zero attached hydrogens (tertiary/aromatic N) is 2. The number of Topliss-reactive ketones (excluding diaryl/α,β-unsaturated/α-hetero) is 1. The number of benzene rings is 1. The van der Waals surface area contributed by atoms with Crippen LogP contribution in [-0.4, -0.2) is 56.4 Å². The van der Waals surface area contributed by atoms with Gasteiger partial charge in [0.1, 0.15) is 0 Å². The summed E-state index contributed by atoms with van der Waals surface area (Å²) in [6.45, 7) is 2.47. The average Bonchev–Trinajstić information content (AvgIpc) is 2.28. The molecule has 0 aliphatic rings. The van der Waals surface area contributed by atoms with E-state index in [1.54, 1.807) is 0 Å². The normalized spacial score (nSPS) is 11.2. The van der Waals surface area contributed by atoms with Crippen LogP contribution in [0.3, 0.4) is 0 Å². The highest BCUT2D eigenvalue weighted by Gasteiger charge is 2.09. The molecule has 0 spiro atoms. The van der Waals surface area contributed by atoms with E-state index in [-0.39, 0.29) is 5.78 Å². The maximum atomic E-state index is 12.0. The molecular formula is C14H21BrN2O. The van der Waals surface area contributed by atoms with Crippen LogP contribution in [0, 0.1) is 0 Å². The van der Waals surface area contributed by atoms with E-state index in [0.29, 0.717) is 6.54 Å². The van der Waals surface area contributed by atoms with Crippen LogP contribution in [0.15, 0.2) is 28.7 Å². The first-order valence-corrected chi connectivity index (χ1v) is 6.90. The van der Waals surface area contributed by atoms with Gasteiger partial charge >= 0.3 is 0 Å². The third kappa shape index (κ3) is 5.76. The highest BCUT2D eigenvalue weighted by atomic mass is 79.9. The smallest absolute Gasteiger partial charge is 0.176 e. The molecule has 0 saturated carbocycles. The van der Waals surface area contributed by atoms with Crippen molar-refractivity contribution in [2.24, 2.45) is 0 Å². The highest BCUT2D eigenvalue weighted by molar-refractivity contribution is 9.10. The van der Waals surface area contributed by atoms with Crippen molar-refractivity contribution in [2.75, 3.05) is 40.8 Å². The van der Waals surface area contributed by atoms with Crippen LogP contribution in [0.2, 0.25) is 0 Å². The van der Waals surface area contributed by atoms with E-state index < -0.39 is 0 Å². The van der Waals surface area contributed by atoms with Crippen molar-refractivity contribution in [1.82, 2.24) is 9.80 Å². The Labute approximate surface area is 118 Å². The second-order valence-electron chi connectivity index (χ2n) is 4.83. The average molecular weight is 313 g/mol. The number of rotatable bonds is 7. The van der Waals surface area contributed by atoms with Gasteiger partial charge in [-0.3, -0.25) is 9.69 Å². The Morgan fingerprint density at radius 3 is 2.56 bits per heavy atom. The van der Waals surface area contributed by atoms with Crippen molar-refractivity contribution in [2.45, 2.75) is 6.42 Å². The number of ketones is 1. The Balaban J connectivity index is 2.40. The number of halogens is 1. The third-order valence-corrected chi connectivity index (χ3v) is 3.20. The van der Waals surface area contributed by atoms with Gasteiger partial charge in [0, 0.05) is 10.0 Å². The molecule has 0 aliphatic carbocycles. The molecule has 3 nitrogen and oxygen atoms in total. The molecule has 4 heteroatoms. The van der Waals surface area contributed by atoms with Gasteiger partial charge in [-0.25, -0.2) is 0 Å². The van der Waals surface area contributed by atoms with Gasteiger partial charge in [-0.15, -0.1) is 0 Å². The van der Waals surface area contributed by atoms with Crippen LogP contribution in [0.25, 0.3) is 0 Å². The molecule has 0 saturated heterocycles. The fourth-order valence-electron chi connectivity index (χ4n) is 1.73. The fourth-order valence-corrected chi connectivity index (χ4v) is 2.13. The summed E-state index contributed by atoms with van der Waals surface area (Å²) in [7, 11) is 6.12. The van der Waals surface area contributed by atoms with Crippen LogP contribution in [0.5, 0.6) is 0 Å². The Kier molecular flexibility index (Phi) is 6.54. The zero-order valence-electron chi connectivity index (χ0n) is 11.3. The van der Waals surface area contributed by atoms with Crippen molar-refractivity contribution in [3.63, 3.8) is 0 Å². The molecule has 0 amide bonds. The van der Waals surface area contributed by atoms with E-state index in [0.717, 1.165) is 29.5 Å². The largest absolute Gasteiger partial charge is 0.309 e. The van der Waals surface area contributed by atoms with Gasteiger partial charge in [-0.05, 0) is 52.8 Å². The summed E-state index contributed by atoms with van der Waals surface area (Å²) < 4.78 is 0.948. The zero-order chi connectivity index (χ0) is 13.5. The topological polar surface area (TPSA) is 23.6 Å². The summed E-state index contributed by atoms with van der Waals surface area (Å²) in [5.41, 5.74) is 0.767. The predicted octanol–water partition coefficient (Wildman–Crippen LogP) is 2.52. The summed E-state index contributed by atoms with van der Waals surface area (Å²) in [4.78, 5) is 16.3. The zero-order valence-corrected chi connectivity index (χ0v) is 12.9. The van der Waals surface area contributed by atoms with Crippen molar-refractivity contribution in [1.29, 1.82) is 0 Å². The Morgan fingerprint density at radius 2 is 1.94 bits per heavy atom. The summed E-state index contributed by atoms with van der Waals surface area (Å²) >= 11 is 3.38. The molecule has 100 valence electrons. The standard InChI is InChI=1S/C14H21BrN2O/c1-16(2)8-5-9-17(3)11-14(18)12-6-4-7-13(15)10-12/h4,6-7,10H,5,8-9,11H2,1-3H3. The first-order valence-electron chi connectivity index (χ1n) is 6.11. The summed E-state index contributed by atoms with van der Waals surface area (Å²) in [5.74, 6) is 0.170. The molecule has 0 aromatic heterocycles. The number of hydrogen-bond acceptors (Lipinski definition) is 3. The van der Waals surface area contributed by atoms with E-state index in [1.165, 1.54) is 0 Å². The van der Waals surface area contributed by atoms with Crippen LogP contribution < -0.4 is 0 Å². The molecular weight excluding hydrogens is 292 g/mol. The Morgan fingerprint density at radius 1 is 1.22 bits per heavy atom. The Bertz CT molecular complexity index is 393. The summed E-state index contributed by atoms with van der Waals surface area (Å²) in [5, 5.41) is 0. The Hall–Kier alpha value is -0.710. The minimum absolute atomic E-state index is 0.170. The lowest BCUT2D eigenvalue weighted by molar-refractivity contribution is 0.0944.